The standard InChI is InChI=1S/C21H26N4O4S2/c1-5-9-29-20(28)22-8-10-30-21-25-16-7-6-15(12-18(16)31-21)24-19(27)17(11-13(2)3)23-14(4)26/h5-7,12,17H,1-2,8-11H2,3-4H3,(H,22,28)(H,23,26)(H,24,27). The molecule has 0 saturated carbocycles. The molecule has 0 aliphatic heterocycles. The van der Waals surface area contributed by atoms with Gasteiger partial charge in [0.1, 0.15) is 12.6 Å². The number of nitrogens with one attached hydrogen (secondary N) is 3. The minimum Gasteiger partial charge on any atom is -0.445 e. The second kappa shape index (κ2) is 12.1. The van der Waals surface area contributed by atoms with Gasteiger partial charge in [0.15, 0.2) is 4.34 Å². The largest absolute Gasteiger partial charge is 0.445 e. The van der Waals surface area contributed by atoms with Gasteiger partial charge < -0.3 is 20.7 Å². The van der Waals surface area contributed by atoms with Crippen molar-refractivity contribution in [2.45, 2.75) is 30.6 Å². The molecule has 8 nitrogen and oxygen atoms in total. The maximum absolute atomic E-state index is 12.6. The molecule has 1 unspecified atom stereocenters. The number of hydrogen-bond donors (Lipinski definition) is 3. The molecule has 1 aromatic heterocycles. The lowest BCUT2D eigenvalue weighted by Crippen LogP contribution is -2.43. The Morgan fingerprint density at radius 2 is 2.10 bits per heavy atom. The van der Waals surface area contributed by atoms with E-state index in [4.69, 9.17) is 4.74 Å². The lowest BCUT2D eigenvalue weighted by atomic mass is 10.1. The number of nitrogens with zero attached hydrogens (tertiary/aromatic N) is 1. The molecule has 166 valence electrons. The van der Waals surface area contributed by atoms with Gasteiger partial charge in [0, 0.05) is 24.9 Å². The number of ether oxygens (including phenoxy) is 1. The Morgan fingerprint density at radius 3 is 2.77 bits per heavy atom. The van der Waals surface area contributed by atoms with Gasteiger partial charge in [0.25, 0.3) is 0 Å². The minimum atomic E-state index is -0.677. The van der Waals surface area contributed by atoms with Crippen LogP contribution in [-0.2, 0) is 14.3 Å². The number of rotatable bonds is 11. The summed E-state index contributed by atoms with van der Waals surface area (Å²) in [7, 11) is 0. The van der Waals surface area contributed by atoms with E-state index < -0.39 is 12.1 Å². The van der Waals surface area contributed by atoms with Gasteiger partial charge in [-0.05, 0) is 31.5 Å². The molecule has 0 radical (unpaired) electrons. The average molecular weight is 463 g/mol. The first-order chi connectivity index (χ1) is 14.8. The Bertz CT molecular complexity index is 957. The van der Waals surface area contributed by atoms with Gasteiger partial charge in [-0.2, -0.15) is 0 Å². The quantitative estimate of drug-likeness (QED) is 0.267. The highest BCUT2D eigenvalue weighted by Gasteiger charge is 2.20. The number of hydrogen-bond acceptors (Lipinski definition) is 7. The van der Waals surface area contributed by atoms with Crippen molar-refractivity contribution in [3.05, 3.63) is 43.0 Å². The van der Waals surface area contributed by atoms with Crippen LogP contribution in [0.3, 0.4) is 0 Å². The number of amides is 3. The van der Waals surface area contributed by atoms with E-state index in [0.717, 1.165) is 20.1 Å². The van der Waals surface area contributed by atoms with Crippen molar-refractivity contribution in [3.63, 3.8) is 0 Å². The van der Waals surface area contributed by atoms with Crippen molar-refractivity contribution < 1.29 is 19.1 Å². The molecule has 2 aromatic rings. The van der Waals surface area contributed by atoms with Crippen LogP contribution in [0, 0.1) is 0 Å². The number of thiazole rings is 1. The summed E-state index contributed by atoms with van der Waals surface area (Å²) in [5, 5.41) is 8.15. The predicted molar refractivity (Wildman–Crippen MR) is 126 cm³/mol. The third kappa shape index (κ3) is 8.42. The number of anilines is 1. The van der Waals surface area contributed by atoms with Crippen LogP contribution in [0.2, 0.25) is 0 Å². The fourth-order valence-electron chi connectivity index (χ4n) is 2.55. The van der Waals surface area contributed by atoms with Gasteiger partial charge in [-0.25, -0.2) is 9.78 Å². The van der Waals surface area contributed by atoms with Gasteiger partial charge in [-0.1, -0.05) is 30.0 Å². The SMILES string of the molecule is C=CCOC(=O)NCCSc1nc2ccc(NC(=O)C(CC(=C)C)NC(C)=O)cc2s1. The van der Waals surface area contributed by atoms with Crippen LogP contribution in [0.1, 0.15) is 20.3 Å². The first-order valence-corrected chi connectivity index (χ1v) is 11.4. The summed E-state index contributed by atoms with van der Waals surface area (Å²) in [5.41, 5.74) is 2.25. The highest BCUT2D eigenvalue weighted by Crippen LogP contribution is 2.31. The monoisotopic (exact) mass is 462 g/mol. The molecule has 0 aliphatic rings. The molecule has 0 saturated heterocycles. The fourth-order valence-corrected chi connectivity index (χ4v) is 4.59. The van der Waals surface area contributed by atoms with E-state index in [0.29, 0.717) is 24.4 Å². The molecular weight excluding hydrogens is 436 g/mol. The number of benzene rings is 1. The van der Waals surface area contributed by atoms with E-state index in [1.165, 1.54) is 36.1 Å². The number of alkyl carbamates (subject to hydrolysis) is 1. The Morgan fingerprint density at radius 1 is 1.32 bits per heavy atom. The van der Waals surface area contributed by atoms with Gasteiger partial charge in [0.2, 0.25) is 11.8 Å². The zero-order valence-corrected chi connectivity index (χ0v) is 19.2. The first-order valence-electron chi connectivity index (χ1n) is 9.55. The van der Waals surface area contributed by atoms with E-state index >= 15 is 0 Å². The average Bonchev–Trinajstić information content (AvgIpc) is 3.10. The molecule has 1 heterocycles. The van der Waals surface area contributed by atoms with E-state index in [-0.39, 0.29) is 18.4 Å². The van der Waals surface area contributed by atoms with Crippen molar-refractivity contribution in [2.24, 2.45) is 0 Å². The summed E-state index contributed by atoms with van der Waals surface area (Å²) < 4.78 is 6.63. The van der Waals surface area contributed by atoms with Crippen molar-refractivity contribution in [2.75, 3.05) is 24.2 Å². The van der Waals surface area contributed by atoms with Crippen LogP contribution < -0.4 is 16.0 Å². The normalized spacial score (nSPS) is 11.4. The van der Waals surface area contributed by atoms with Crippen molar-refractivity contribution >= 4 is 56.9 Å². The van der Waals surface area contributed by atoms with Crippen molar-refractivity contribution in [1.82, 2.24) is 15.6 Å². The molecule has 0 spiro atoms. The fraction of sp³-hybridized carbons (Fsp3) is 0.333. The Labute approximate surface area is 189 Å². The molecule has 1 atom stereocenters. The number of thioether (sulfide) groups is 1. The minimum absolute atomic E-state index is 0.175. The Hall–Kier alpha value is -2.85. The maximum atomic E-state index is 12.6. The molecule has 10 heteroatoms. The smallest absolute Gasteiger partial charge is 0.407 e. The second-order valence-corrected chi connectivity index (χ2v) is 9.10. The summed E-state index contributed by atoms with van der Waals surface area (Å²) in [5.74, 6) is 0.0711. The molecule has 31 heavy (non-hydrogen) atoms. The lowest BCUT2D eigenvalue weighted by molar-refractivity contribution is -0.125. The Balaban J connectivity index is 1.94. The first kappa shape index (κ1) is 24.4. The molecule has 2 rings (SSSR count). The van der Waals surface area contributed by atoms with Gasteiger partial charge in [-0.3, -0.25) is 9.59 Å². The molecular formula is C21H26N4O4S2. The van der Waals surface area contributed by atoms with E-state index in [1.807, 2.05) is 19.1 Å². The summed E-state index contributed by atoms with van der Waals surface area (Å²) in [4.78, 5) is 39.9. The Kier molecular flexibility index (Phi) is 9.54. The van der Waals surface area contributed by atoms with Crippen LogP contribution in [0.5, 0.6) is 0 Å². The third-order valence-corrected chi connectivity index (χ3v) is 5.97. The van der Waals surface area contributed by atoms with Crippen LogP contribution in [0.25, 0.3) is 10.2 Å². The molecule has 0 fully saturated rings. The van der Waals surface area contributed by atoms with Crippen LogP contribution in [0.15, 0.2) is 47.3 Å². The molecule has 1 aromatic carbocycles. The van der Waals surface area contributed by atoms with E-state index in [9.17, 15) is 14.4 Å². The van der Waals surface area contributed by atoms with Crippen molar-refractivity contribution in [3.8, 4) is 0 Å². The lowest BCUT2D eigenvalue weighted by Gasteiger charge is -2.17. The molecule has 3 amide bonds. The molecule has 3 N–H and O–H groups in total. The summed E-state index contributed by atoms with van der Waals surface area (Å²) >= 11 is 3.02. The van der Waals surface area contributed by atoms with Crippen LogP contribution in [-0.4, -0.2) is 47.8 Å². The number of carbonyl (C=O) groups is 3. The van der Waals surface area contributed by atoms with E-state index in [2.05, 4.69) is 34.1 Å². The highest BCUT2D eigenvalue weighted by molar-refractivity contribution is 8.01. The third-order valence-electron chi connectivity index (χ3n) is 3.81. The zero-order valence-electron chi connectivity index (χ0n) is 17.5. The summed E-state index contributed by atoms with van der Waals surface area (Å²) in [6, 6.07) is 4.79. The van der Waals surface area contributed by atoms with Crippen LogP contribution >= 0.6 is 23.1 Å². The van der Waals surface area contributed by atoms with Gasteiger partial charge >= 0.3 is 6.09 Å². The molecule has 0 aliphatic carbocycles. The highest BCUT2D eigenvalue weighted by atomic mass is 32.2. The van der Waals surface area contributed by atoms with Crippen LogP contribution in [0.4, 0.5) is 10.5 Å². The van der Waals surface area contributed by atoms with Gasteiger partial charge in [-0.15, -0.1) is 17.9 Å². The predicted octanol–water partition coefficient (Wildman–Crippen LogP) is 3.71. The number of fused-ring (bicyclic) bond motifs is 1. The van der Waals surface area contributed by atoms with Crippen molar-refractivity contribution in [1.29, 1.82) is 0 Å². The van der Waals surface area contributed by atoms with Gasteiger partial charge in [0.05, 0.1) is 10.2 Å². The number of carbonyl (C=O) groups excluding carboxylic acids is 3. The topological polar surface area (TPSA) is 109 Å². The zero-order chi connectivity index (χ0) is 22.8. The second-order valence-electron chi connectivity index (χ2n) is 6.73. The maximum Gasteiger partial charge on any atom is 0.407 e. The summed E-state index contributed by atoms with van der Waals surface area (Å²) in [6.07, 6.45) is 1.39. The van der Waals surface area contributed by atoms with E-state index in [1.54, 1.807) is 6.07 Å². The number of aromatic nitrogens is 1. The summed E-state index contributed by atoms with van der Waals surface area (Å²) in [6.45, 7) is 11.1. The molecule has 0 bridgehead atoms.